The van der Waals surface area contributed by atoms with Gasteiger partial charge < -0.3 is 20.0 Å². The Labute approximate surface area is 200 Å². The predicted octanol–water partition coefficient (Wildman–Crippen LogP) is 2.64. The number of hydrogen-bond donors (Lipinski definition) is 1. The molecule has 1 atom stereocenters. The van der Waals surface area contributed by atoms with Crippen LogP contribution in [0.25, 0.3) is 6.08 Å². The van der Waals surface area contributed by atoms with Gasteiger partial charge >= 0.3 is 0 Å². The summed E-state index contributed by atoms with van der Waals surface area (Å²) in [5, 5.41) is 3.58. The third-order valence-electron chi connectivity index (χ3n) is 6.83. The Bertz CT molecular complexity index is 1030. The Morgan fingerprint density at radius 3 is 2.67 bits per heavy atom. The third kappa shape index (κ3) is 4.99. The van der Waals surface area contributed by atoms with Crippen molar-refractivity contribution >= 4 is 35.1 Å². The normalized spacial score (nSPS) is 20.4. The monoisotopic (exact) mass is 466 g/mol. The molecule has 0 bridgehead atoms. The molecule has 1 aliphatic carbocycles. The molecular formula is C25H31ClN6O. The van der Waals surface area contributed by atoms with Gasteiger partial charge in [0.2, 0.25) is 5.91 Å². The van der Waals surface area contributed by atoms with Crippen LogP contribution < -0.4 is 10.2 Å². The van der Waals surface area contributed by atoms with E-state index in [1.807, 2.05) is 4.90 Å². The lowest BCUT2D eigenvalue weighted by atomic mass is 10.1. The van der Waals surface area contributed by atoms with E-state index in [9.17, 15) is 4.79 Å². The second-order valence-electron chi connectivity index (χ2n) is 9.19. The number of amides is 1. The molecule has 7 nitrogen and oxygen atoms in total. The first-order chi connectivity index (χ1) is 16.1. The van der Waals surface area contributed by atoms with Gasteiger partial charge in [-0.05, 0) is 31.2 Å². The third-order valence-corrected chi connectivity index (χ3v) is 7.06. The van der Waals surface area contributed by atoms with Crippen molar-refractivity contribution in [1.82, 2.24) is 19.8 Å². The van der Waals surface area contributed by atoms with Crippen LogP contribution in [0.3, 0.4) is 0 Å². The number of nitrogens with zero attached hydrogens (tertiary/aromatic N) is 5. The molecule has 2 fully saturated rings. The van der Waals surface area contributed by atoms with Gasteiger partial charge in [0, 0.05) is 69.4 Å². The smallest absolute Gasteiger partial charge is 0.237 e. The molecule has 0 unspecified atom stereocenters. The Morgan fingerprint density at radius 2 is 1.91 bits per heavy atom. The van der Waals surface area contributed by atoms with Crippen LogP contribution in [0.5, 0.6) is 0 Å². The molecule has 0 spiro atoms. The minimum Gasteiger partial charge on any atom is -0.369 e. The zero-order valence-corrected chi connectivity index (χ0v) is 19.9. The van der Waals surface area contributed by atoms with Gasteiger partial charge in [0.15, 0.2) is 0 Å². The van der Waals surface area contributed by atoms with Gasteiger partial charge in [-0.25, -0.2) is 9.97 Å². The van der Waals surface area contributed by atoms with E-state index in [1.165, 1.54) is 11.3 Å². The standard InChI is InChI=1S/C25H31ClN6O/c1-30-11-13-31(14-12-30)20-7-5-18(6-8-20)15-23-28-22-4-2-3-21(22)25(29-23)27-19-9-10-32(17-19)24(33)16-26/h2-3,5-8,19H,4,9-17H2,1H3,(H,27,28,29)/t19-/m0/s1. The van der Waals surface area contributed by atoms with Gasteiger partial charge in [0.05, 0.1) is 5.69 Å². The maximum atomic E-state index is 11.9. The van der Waals surface area contributed by atoms with E-state index in [1.54, 1.807) is 0 Å². The number of fused-ring (bicyclic) bond motifs is 1. The Morgan fingerprint density at radius 1 is 1.12 bits per heavy atom. The Balaban J connectivity index is 1.28. The summed E-state index contributed by atoms with van der Waals surface area (Å²) in [6.07, 6.45) is 6.67. The van der Waals surface area contributed by atoms with E-state index in [-0.39, 0.29) is 17.8 Å². The average molecular weight is 467 g/mol. The number of anilines is 2. The molecule has 1 N–H and O–H groups in total. The highest BCUT2D eigenvalue weighted by molar-refractivity contribution is 6.27. The van der Waals surface area contributed by atoms with Crippen molar-refractivity contribution in [2.45, 2.75) is 25.3 Å². The molecule has 2 aromatic rings. The van der Waals surface area contributed by atoms with Crippen molar-refractivity contribution in [3.63, 3.8) is 0 Å². The lowest BCUT2D eigenvalue weighted by molar-refractivity contribution is -0.127. The van der Waals surface area contributed by atoms with Crippen LogP contribution in [0, 0.1) is 0 Å². The summed E-state index contributed by atoms with van der Waals surface area (Å²) in [4.78, 5) is 28.3. The van der Waals surface area contributed by atoms with Crippen molar-refractivity contribution in [2.75, 3.05) is 62.4 Å². The lowest BCUT2D eigenvalue weighted by Gasteiger charge is -2.34. The first kappa shape index (κ1) is 22.2. The topological polar surface area (TPSA) is 64.6 Å². The van der Waals surface area contributed by atoms with Crippen molar-refractivity contribution < 1.29 is 4.79 Å². The summed E-state index contributed by atoms with van der Waals surface area (Å²) in [5.74, 6) is 1.74. The summed E-state index contributed by atoms with van der Waals surface area (Å²) < 4.78 is 0. The molecule has 2 aliphatic heterocycles. The summed E-state index contributed by atoms with van der Waals surface area (Å²) in [6.45, 7) is 5.75. The molecule has 0 saturated carbocycles. The summed E-state index contributed by atoms with van der Waals surface area (Å²) in [7, 11) is 2.18. The number of nitrogens with one attached hydrogen (secondary N) is 1. The number of allylic oxidation sites excluding steroid dienone is 1. The fourth-order valence-electron chi connectivity index (χ4n) is 4.83. The van der Waals surface area contributed by atoms with Crippen molar-refractivity contribution in [1.29, 1.82) is 0 Å². The minimum absolute atomic E-state index is 0.00510. The quantitative estimate of drug-likeness (QED) is 0.660. The van der Waals surface area contributed by atoms with Crippen LogP contribution in [0.1, 0.15) is 29.1 Å². The van der Waals surface area contributed by atoms with E-state index in [4.69, 9.17) is 21.6 Å². The molecule has 174 valence electrons. The fourth-order valence-corrected chi connectivity index (χ4v) is 5.00. The molecule has 3 aliphatic rings. The zero-order valence-electron chi connectivity index (χ0n) is 19.1. The highest BCUT2D eigenvalue weighted by Gasteiger charge is 2.27. The minimum atomic E-state index is -0.00510. The number of piperazine rings is 1. The molecular weight excluding hydrogens is 436 g/mol. The van der Waals surface area contributed by atoms with Crippen LogP contribution in [0.2, 0.25) is 0 Å². The van der Waals surface area contributed by atoms with E-state index in [0.29, 0.717) is 13.0 Å². The number of carbonyl (C=O) groups is 1. The molecule has 2 saturated heterocycles. The SMILES string of the molecule is CN1CCN(c2ccc(Cc3nc4c(c(N[C@H]5CCN(C(=O)CCl)C5)n3)C=CC4)cc2)CC1. The highest BCUT2D eigenvalue weighted by Crippen LogP contribution is 2.27. The molecule has 1 aromatic carbocycles. The predicted molar refractivity (Wildman–Crippen MR) is 133 cm³/mol. The number of halogens is 1. The number of alkyl halides is 1. The Kier molecular flexibility index (Phi) is 6.51. The summed E-state index contributed by atoms with van der Waals surface area (Å²) in [6, 6.07) is 9.01. The van der Waals surface area contributed by atoms with Gasteiger partial charge in [0.1, 0.15) is 17.5 Å². The number of likely N-dealkylation sites (tertiary alicyclic amines) is 1. The van der Waals surface area contributed by atoms with Gasteiger partial charge in [-0.2, -0.15) is 0 Å². The van der Waals surface area contributed by atoms with E-state index < -0.39 is 0 Å². The first-order valence-electron chi connectivity index (χ1n) is 11.8. The largest absolute Gasteiger partial charge is 0.369 e. The zero-order chi connectivity index (χ0) is 22.8. The van der Waals surface area contributed by atoms with Gasteiger partial charge in [-0.3, -0.25) is 4.79 Å². The average Bonchev–Trinajstić information content (AvgIpc) is 3.49. The molecule has 0 radical (unpaired) electrons. The number of benzene rings is 1. The first-order valence-corrected chi connectivity index (χ1v) is 12.3. The number of rotatable bonds is 6. The lowest BCUT2D eigenvalue weighted by Crippen LogP contribution is -2.44. The van der Waals surface area contributed by atoms with Crippen LogP contribution in [-0.4, -0.2) is 83.9 Å². The van der Waals surface area contributed by atoms with Crippen LogP contribution in [0.15, 0.2) is 30.3 Å². The number of aromatic nitrogens is 2. The maximum Gasteiger partial charge on any atom is 0.237 e. The highest BCUT2D eigenvalue weighted by atomic mass is 35.5. The molecule has 8 heteroatoms. The van der Waals surface area contributed by atoms with Crippen molar-refractivity contribution in [2.24, 2.45) is 0 Å². The van der Waals surface area contributed by atoms with E-state index in [2.05, 4.69) is 58.6 Å². The molecule has 3 heterocycles. The van der Waals surface area contributed by atoms with Crippen molar-refractivity contribution in [3.8, 4) is 0 Å². The number of likely N-dealkylation sites (N-methyl/N-ethyl adjacent to an activating group) is 1. The second-order valence-corrected chi connectivity index (χ2v) is 9.46. The van der Waals surface area contributed by atoms with Crippen molar-refractivity contribution in [3.05, 3.63) is 53.0 Å². The number of carbonyl (C=O) groups excluding carboxylic acids is 1. The van der Waals surface area contributed by atoms with Gasteiger partial charge in [-0.1, -0.05) is 24.3 Å². The van der Waals surface area contributed by atoms with Crippen LogP contribution >= 0.6 is 11.6 Å². The molecule has 5 rings (SSSR count). The summed E-state index contributed by atoms with van der Waals surface area (Å²) >= 11 is 5.73. The summed E-state index contributed by atoms with van der Waals surface area (Å²) in [5.41, 5.74) is 4.64. The van der Waals surface area contributed by atoms with Crippen LogP contribution in [0.4, 0.5) is 11.5 Å². The molecule has 33 heavy (non-hydrogen) atoms. The Hall–Kier alpha value is -2.64. The maximum absolute atomic E-state index is 11.9. The van der Waals surface area contributed by atoms with E-state index >= 15 is 0 Å². The fraction of sp³-hybridized carbons (Fsp3) is 0.480. The van der Waals surface area contributed by atoms with Gasteiger partial charge in [-0.15, -0.1) is 11.6 Å². The molecule has 1 aromatic heterocycles. The van der Waals surface area contributed by atoms with Crippen LogP contribution in [-0.2, 0) is 17.6 Å². The van der Waals surface area contributed by atoms with E-state index in [0.717, 1.165) is 68.5 Å². The second kappa shape index (κ2) is 9.69. The molecule has 1 amide bonds. The number of hydrogen-bond acceptors (Lipinski definition) is 6. The van der Waals surface area contributed by atoms with Gasteiger partial charge in [0.25, 0.3) is 0 Å².